The molecule has 4 rings (SSSR count). The Bertz CT molecular complexity index is 707. The number of hydrogen-bond donors (Lipinski definition) is 1. The Morgan fingerprint density at radius 3 is 2.75 bits per heavy atom. The first-order valence-electron chi connectivity index (χ1n) is 8.93. The summed E-state index contributed by atoms with van der Waals surface area (Å²) < 4.78 is 0. The fourth-order valence-corrected chi connectivity index (χ4v) is 3.58. The van der Waals surface area contributed by atoms with Gasteiger partial charge in [-0.2, -0.15) is 4.98 Å². The Labute approximate surface area is 143 Å². The summed E-state index contributed by atoms with van der Waals surface area (Å²) in [5, 5.41) is 3.46. The summed E-state index contributed by atoms with van der Waals surface area (Å²) in [6, 6.07) is 10.8. The summed E-state index contributed by atoms with van der Waals surface area (Å²) in [7, 11) is 0. The van der Waals surface area contributed by atoms with E-state index >= 15 is 0 Å². The minimum Gasteiger partial charge on any atom is -0.355 e. The van der Waals surface area contributed by atoms with Crippen LogP contribution in [0.3, 0.4) is 0 Å². The number of nitrogens with zero attached hydrogens (tertiary/aromatic N) is 4. The molecule has 3 heterocycles. The van der Waals surface area contributed by atoms with E-state index in [1.165, 1.54) is 11.1 Å². The third-order valence-electron chi connectivity index (χ3n) is 4.91. The first-order chi connectivity index (χ1) is 11.8. The summed E-state index contributed by atoms with van der Waals surface area (Å²) in [5.74, 6) is 1.94. The predicted octanol–water partition coefficient (Wildman–Crippen LogP) is 2.15. The van der Waals surface area contributed by atoms with Gasteiger partial charge < -0.3 is 15.1 Å². The van der Waals surface area contributed by atoms with Gasteiger partial charge in [0.2, 0.25) is 5.95 Å². The number of fused-ring (bicyclic) bond motifs is 1. The van der Waals surface area contributed by atoms with Crippen LogP contribution in [0.2, 0.25) is 0 Å². The van der Waals surface area contributed by atoms with Crippen LogP contribution in [0.15, 0.2) is 30.3 Å². The lowest BCUT2D eigenvalue weighted by Gasteiger charge is -2.30. The van der Waals surface area contributed by atoms with E-state index in [9.17, 15) is 0 Å². The maximum absolute atomic E-state index is 4.91. The molecule has 1 fully saturated rings. The van der Waals surface area contributed by atoms with Crippen molar-refractivity contribution in [3.63, 3.8) is 0 Å². The minimum atomic E-state index is 0.872. The van der Waals surface area contributed by atoms with Crippen molar-refractivity contribution in [2.45, 2.75) is 26.3 Å². The molecule has 2 aliphatic heterocycles. The molecular formula is C19H25N5. The third-order valence-corrected chi connectivity index (χ3v) is 4.91. The van der Waals surface area contributed by atoms with Crippen molar-refractivity contribution in [2.75, 3.05) is 42.5 Å². The van der Waals surface area contributed by atoms with Gasteiger partial charge in [0, 0.05) is 44.5 Å². The number of hydrogen-bond acceptors (Lipinski definition) is 5. The monoisotopic (exact) mass is 323 g/mol. The molecule has 0 spiro atoms. The Balaban J connectivity index is 1.59. The molecule has 5 heteroatoms. The van der Waals surface area contributed by atoms with Crippen LogP contribution in [0.25, 0.3) is 0 Å². The summed E-state index contributed by atoms with van der Waals surface area (Å²) in [6.45, 7) is 8.15. The van der Waals surface area contributed by atoms with Crippen molar-refractivity contribution >= 4 is 11.8 Å². The maximum atomic E-state index is 4.91. The lowest BCUT2D eigenvalue weighted by atomic mass is 10.0. The average molecular weight is 323 g/mol. The molecule has 0 bridgehead atoms. The fourth-order valence-electron chi connectivity index (χ4n) is 3.58. The standard InChI is InChI=1S/C19H25N5/c1-15-13-18(23-10-4-8-20-9-12-23)22-19(21-15)24-11-7-16-5-2-3-6-17(16)14-24/h2-3,5-6,13,20H,4,7-12,14H2,1H3. The molecule has 0 unspecified atom stereocenters. The average Bonchev–Trinajstić information content (AvgIpc) is 2.90. The van der Waals surface area contributed by atoms with Crippen LogP contribution in [0, 0.1) is 6.92 Å². The lowest BCUT2D eigenvalue weighted by molar-refractivity contribution is 0.701. The number of aromatic nitrogens is 2. The molecule has 1 aromatic carbocycles. The Kier molecular flexibility index (Phi) is 4.34. The van der Waals surface area contributed by atoms with Crippen LogP contribution in [-0.4, -0.2) is 42.7 Å². The van der Waals surface area contributed by atoms with Crippen LogP contribution in [0.1, 0.15) is 23.2 Å². The smallest absolute Gasteiger partial charge is 0.227 e. The SMILES string of the molecule is Cc1cc(N2CCCNCC2)nc(N2CCc3ccccc3C2)n1. The van der Waals surface area contributed by atoms with Gasteiger partial charge in [0.1, 0.15) is 5.82 Å². The molecule has 1 saturated heterocycles. The second kappa shape index (κ2) is 6.77. The molecule has 0 aliphatic carbocycles. The van der Waals surface area contributed by atoms with Crippen LogP contribution in [-0.2, 0) is 13.0 Å². The topological polar surface area (TPSA) is 44.3 Å². The van der Waals surface area contributed by atoms with Gasteiger partial charge in [0.15, 0.2) is 0 Å². The van der Waals surface area contributed by atoms with Gasteiger partial charge in [-0.15, -0.1) is 0 Å². The molecule has 0 amide bonds. The normalized spacial score (nSPS) is 18.2. The van der Waals surface area contributed by atoms with Crippen molar-refractivity contribution in [3.8, 4) is 0 Å². The number of benzene rings is 1. The Morgan fingerprint density at radius 1 is 0.958 bits per heavy atom. The van der Waals surface area contributed by atoms with E-state index in [1.807, 2.05) is 0 Å². The highest BCUT2D eigenvalue weighted by atomic mass is 15.3. The van der Waals surface area contributed by atoms with Gasteiger partial charge in [0.25, 0.3) is 0 Å². The van der Waals surface area contributed by atoms with Crippen molar-refractivity contribution < 1.29 is 0 Å². The molecule has 1 N–H and O–H groups in total. The van der Waals surface area contributed by atoms with Gasteiger partial charge in [-0.25, -0.2) is 4.98 Å². The quantitative estimate of drug-likeness (QED) is 0.917. The Hall–Kier alpha value is -2.14. The van der Waals surface area contributed by atoms with Crippen LogP contribution >= 0.6 is 0 Å². The van der Waals surface area contributed by atoms with Crippen molar-refractivity contribution in [1.29, 1.82) is 0 Å². The van der Waals surface area contributed by atoms with E-state index in [0.717, 1.165) is 69.6 Å². The lowest BCUT2D eigenvalue weighted by Crippen LogP contribution is -2.33. The van der Waals surface area contributed by atoms with E-state index in [-0.39, 0.29) is 0 Å². The molecule has 2 aliphatic rings. The van der Waals surface area contributed by atoms with Crippen molar-refractivity contribution in [3.05, 3.63) is 47.2 Å². The van der Waals surface area contributed by atoms with Crippen LogP contribution < -0.4 is 15.1 Å². The highest BCUT2D eigenvalue weighted by molar-refractivity contribution is 5.48. The van der Waals surface area contributed by atoms with E-state index in [2.05, 4.69) is 52.4 Å². The van der Waals surface area contributed by atoms with Crippen LogP contribution in [0.4, 0.5) is 11.8 Å². The molecule has 24 heavy (non-hydrogen) atoms. The zero-order valence-electron chi connectivity index (χ0n) is 14.3. The van der Waals surface area contributed by atoms with E-state index in [4.69, 9.17) is 9.97 Å². The molecule has 0 atom stereocenters. The molecule has 0 radical (unpaired) electrons. The van der Waals surface area contributed by atoms with Gasteiger partial charge in [0.05, 0.1) is 0 Å². The molecule has 126 valence electrons. The van der Waals surface area contributed by atoms with Crippen LogP contribution in [0.5, 0.6) is 0 Å². The number of nitrogens with one attached hydrogen (secondary N) is 1. The molecular weight excluding hydrogens is 298 g/mol. The zero-order chi connectivity index (χ0) is 16.4. The fraction of sp³-hybridized carbons (Fsp3) is 0.474. The number of rotatable bonds is 2. The van der Waals surface area contributed by atoms with Crippen molar-refractivity contribution in [1.82, 2.24) is 15.3 Å². The Morgan fingerprint density at radius 2 is 1.83 bits per heavy atom. The second-order valence-electron chi connectivity index (χ2n) is 6.70. The molecule has 5 nitrogen and oxygen atoms in total. The predicted molar refractivity (Wildman–Crippen MR) is 97.7 cm³/mol. The van der Waals surface area contributed by atoms with Gasteiger partial charge in [-0.3, -0.25) is 0 Å². The van der Waals surface area contributed by atoms with E-state index in [0.29, 0.717) is 0 Å². The highest BCUT2D eigenvalue weighted by Crippen LogP contribution is 2.24. The molecule has 1 aromatic heterocycles. The number of aryl methyl sites for hydroxylation is 1. The maximum Gasteiger partial charge on any atom is 0.227 e. The summed E-state index contributed by atoms with van der Waals surface area (Å²) >= 11 is 0. The van der Waals surface area contributed by atoms with Gasteiger partial charge >= 0.3 is 0 Å². The number of anilines is 2. The van der Waals surface area contributed by atoms with Gasteiger partial charge in [-0.1, -0.05) is 24.3 Å². The van der Waals surface area contributed by atoms with E-state index in [1.54, 1.807) is 0 Å². The summed E-state index contributed by atoms with van der Waals surface area (Å²) in [4.78, 5) is 14.3. The first kappa shape index (κ1) is 15.4. The van der Waals surface area contributed by atoms with E-state index < -0.39 is 0 Å². The first-order valence-corrected chi connectivity index (χ1v) is 8.93. The zero-order valence-corrected chi connectivity index (χ0v) is 14.3. The molecule has 0 saturated carbocycles. The third kappa shape index (κ3) is 3.22. The summed E-state index contributed by atoms with van der Waals surface area (Å²) in [5.41, 5.74) is 3.90. The summed E-state index contributed by atoms with van der Waals surface area (Å²) in [6.07, 6.45) is 2.23. The molecule has 2 aromatic rings. The second-order valence-corrected chi connectivity index (χ2v) is 6.70. The van der Waals surface area contributed by atoms with Crippen molar-refractivity contribution in [2.24, 2.45) is 0 Å². The largest absolute Gasteiger partial charge is 0.355 e. The minimum absolute atomic E-state index is 0.872. The highest BCUT2D eigenvalue weighted by Gasteiger charge is 2.20. The van der Waals surface area contributed by atoms with Gasteiger partial charge in [-0.05, 0) is 37.4 Å².